The summed E-state index contributed by atoms with van der Waals surface area (Å²) in [5, 5.41) is 0. The van der Waals surface area contributed by atoms with Gasteiger partial charge in [-0.25, -0.2) is 0 Å². The average molecular weight is 185 g/mol. The van der Waals surface area contributed by atoms with Crippen LogP contribution in [-0.4, -0.2) is 54.3 Å². The van der Waals surface area contributed by atoms with Gasteiger partial charge in [-0.1, -0.05) is 0 Å². The second-order valence-corrected chi connectivity index (χ2v) is 3.41. The van der Waals surface area contributed by atoms with E-state index in [-0.39, 0.29) is 17.9 Å². The highest BCUT2D eigenvalue weighted by Gasteiger charge is 2.31. The van der Waals surface area contributed by atoms with Crippen molar-refractivity contribution in [2.45, 2.75) is 13.0 Å². The van der Waals surface area contributed by atoms with E-state index in [0.717, 1.165) is 0 Å². The minimum Gasteiger partial charge on any atom is -0.328 e. The lowest BCUT2D eigenvalue weighted by molar-refractivity contribution is -0.152. The molecule has 5 nitrogen and oxygen atoms in total. The van der Waals surface area contributed by atoms with Gasteiger partial charge in [0.1, 0.15) is 0 Å². The SMILES string of the molecule is CC(CN)N1C(=O)CN(C)CC1=O. The summed E-state index contributed by atoms with van der Waals surface area (Å²) >= 11 is 0. The van der Waals surface area contributed by atoms with E-state index in [0.29, 0.717) is 19.6 Å². The predicted octanol–water partition coefficient (Wildman–Crippen LogP) is -1.37. The molecule has 13 heavy (non-hydrogen) atoms. The standard InChI is InChI=1S/C8H15N3O2/c1-6(3-9)11-7(12)4-10(2)5-8(11)13/h6H,3-5,9H2,1-2H3. The number of nitrogens with zero attached hydrogens (tertiary/aromatic N) is 2. The van der Waals surface area contributed by atoms with E-state index < -0.39 is 0 Å². The Kier molecular flexibility index (Phi) is 3.00. The third-order valence-electron chi connectivity index (χ3n) is 2.13. The summed E-state index contributed by atoms with van der Waals surface area (Å²) < 4.78 is 0. The first-order valence-electron chi connectivity index (χ1n) is 4.29. The van der Waals surface area contributed by atoms with Gasteiger partial charge in [-0.15, -0.1) is 0 Å². The molecule has 1 fully saturated rings. The van der Waals surface area contributed by atoms with Crippen molar-refractivity contribution in [1.29, 1.82) is 0 Å². The second kappa shape index (κ2) is 3.85. The summed E-state index contributed by atoms with van der Waals surface area (Å²) in [6.07, 6.45) is 0. The zero-order chi connectivity index (χ0) is 10.0. The Hall–Kier alpha value is -0.940. The van der Waals surface area contributed by atoms with E-state index >= 15 is 0 Å². The minimum atomic E-state index is -0.186. The van der Waals surface area contributed by atoms with E-state index in [4.69, 9.17) is 5.73 Å². The third-order valence-corrected chi connectivity index (χ3v) is 2.13. The number of amides is 2. The van der Waals surface area contributed by atoms with Crippen molar-refractivity contribution in [3.8, 4) is 0 Å². The van der Waals surface area contributed by atoms with Crippen LogP contribution < -0.4 is 5.73 Å². The first-order valence-corrected chi connectivity index (χ1v) is 4.29. The maximum absolute atomic E-state index is 11.4. The van der Waals surface area contributed by atoms with Crippen molar-refractivity contribution in [3.63, 3.8) is 0 Å². The molecule has 1 heterocycles. The summed E-state index contributed by atoms with van der Waals surface area (Å²) in [5.74, 6) is -0.312. The van der Waals surface area contributed by atoms with Crippen LogP contribution in [0.25, 0.3) is 0 Å². The highest BCUT2D eigenvalue weighted by atomic mass is 16.2. The van der Waals surface area contributed by atoms with Crippen molar-refractivity contribution in [2.24, 2.45) is 5.73 Å². The van der Waals surface area contributed by atoms with Gasteiger partial charge in [-0.2, -0.15) is 0 Å². The molecule has 0 spiro atoms. The first-order chi connectivity index (χ1) is 6.06. The normalized spacial score (nSPS) is 22.2. The van der Waals surface area contributed by atoms with Crippen LogP contribution in [0.5, 0.6) is 0 Å². The molecule has 1 rings (SSSR count). The van der Waals surface area contributed by atoms with Crippen molar-refractivity contribution in [3.05, 3.63) is 0 Å². The van der Waals surface area contributed by atoms with Gasteiger partial charge in [0.15, 0.2) is 0 Å². The lowest BCUT2D eigenvalue weighted by Gasteiger charge is -2.33. The molecule has 0 aromatic rings. The largest absolute Gasteiger partial charge is 0.328 e. The summed E-state index contributed by atoms with van der Waals surface area (Å²) in [4.78, 5) is 25.8. The second-order valence-electron chi connectivity index (χ2n) is 3.41. The monoisotopic (exact) mass is 185 g/mol. The Balaban J connectivity index is 2.73. The van der Waals surface area contributed by atoms with Crippen molar-refractivity contribution >= 4 is 11.8 Å². The maximum atomic E-state index is 11.4. The predicted molar refractivity (Wildman–Crippen MR) is 47.9 cm³/mol. The molecule has 0 saturated carbocycles. The van der Waals surface area contributed by atoms with Crippen LogP contribution in [0, 0.1) is 0 Å². The quantitative estimate of drug-likeness (QED) is 0.539. The van der Waals surface area contributed by atoms with Crippen LogP contribution in [0.4, 0.5) is 0 Å². The van der Waals surface area contributed by atoms with Crippen LogP contribution in [0.15, 0.2) is 0 Å². The van der Waals surface area contributed by atoms with Crippen LogP contribution in [0.2, 0.25) is 0 Å². The number of carbonyl (C=O) groups is 2. The smallest absolute Gasteiger partial charge is 0.243 e. The van der Waals surface area contributed by atoms with Crippen LogP contribution in [0.1, 0.15) is 6.92 Å². The van der Waals surface area contributed by atoms with E-state index in [1.165, 1.54) is 4.90 Å². The molecular weight excluding hydrogens is 170 g/mol. The number of hydrogen-bond donors (Lipinski definition) is 1. The Morgan fingerprint density at radius 3 is 2.23 bits per heavy atom. The molecule has 5 heteroatoms. The molecule has 2 N–H and O–H groups in total. The number of imide groups is 1. The topological polar surface area (TPSA) is 66.6 Å². The fraction of sp³-hybridized carbons (Fsp3) is 0.750. The molecule has 0 aromatic carbocycles. The van der Waals surface area contributed by atoms with E-state index in [2.05, 4.69) is 0 Å². The summed E-state index contributed by atoms with van der Waals surface area (Å²) in [6, 6.07) is -0.186. The molecule has 1 aliphatic rings. The van der Waals surface area contributed by atoms with E-state index in [1.54, 1.807) is 18.9 Å². The fourth-order valence-corrected chi connectivity index (χ4v) is 1.41. The van der Waals surface area contributed by atoms with E-state index in [9.17, 15) is 9.59 Å². The van der Waals surface area contributed by atoms with Gasteiger partial charge in [-0.3, -0.25) is 19.4 Å². The first kappa shape index (κ1) is 10.1. The Morgan fingerprint density at radius 1 is 1.38 bits per heavy atom. The number of piperazine rings is 1. The zero-order valence-corrected chi connectivity index (χ0v) is 7.99. The van der Waals surface area contributed by atoms with Crippen LogP contribution >= 0.6 is 0 Å². The lowest BCUT2D eigenvalue weighted by Crippen LogP contribution is -2.57. The van der Waals surface area contributed by atoms with Gasteiger partial charge in [-0.05, 0) is 14.0 Å². The van der Waals surface area contributed by atoms with E-state index in [1.807, 2.05) is 0 Å². The van der Waals surface area contributed by atoms with Crippen molar-refractivity contribution < 1.29 is 9.59 Å². The van der Waals surface area contributed by atoms with Gasteiger partial charge < -0.3 is 5.73 Å². The molecule has 0 radical (unpaired) electrons. The molecule has 1 atom stereocenters. The van der Waals surface area contributed by atoms with Crippen LogP contribution in [0.3, 0.4) is 0 Å². The summed E-state index contributed by atoms with van der Waals surface area (Å²) in [5.41, 5.74) is 5.40. The molecule has 74 valence electrons. The summed E-state index contributed by atoms with van der Waals surface area (Å²) in [7, 11) is 1.75. The number of carbonyl (C=O) groups excluding carboxylic acids is 2. The van der Waals surface area contributed by atoms with Gasteiger partial charge >= 0.3 is 0 Å². The van der Waals surface area contributed by atoms with Gasteiger partial charge in [0.2, 0.25) is 11.8 Å². The summed E-state index contributed by atoms with van der Waals surface area (Å²) in [6.45, 7) is 2.70. The molecule has 2 amide bonds. The lowest BCUT2D eigenvalue weighted by atomic mass is 10.2. The molecule has 0 aromatic heterocycles. The maximum Gasteiger partial charge on any atom is 0.243 e. The Morgan fingerprint density at radius 2 is 1.85 bits per heavy atom. The van der Waals surface area contributed by atoms with Gasteiger partial charge in [0.05, 0.1) is 13.1 Å². The van der Waals surface area contributed by atoms with Crippen molar-refractivity contribution in [2.75, 3.05) is 26.7 Å². The molecular formula is C8H15N3O2. The van der Waals surface area contributed by atoms with Gasteiger partial charge in [0, 0.05) is 12.6 Å². The van der Waals surface area contributed by atoms with Gasteiger partial charge in [0.25, 0.3) is 0 Å². The fourth-order valence-electron chi connectivity index (χ4n) is 1.41. The molecule has 1 saturated heterocycles. The number of hydrogen-bond acceptors (Lipinski definition) is 4. The number of likely N-dealkylation sites (N-methyl/N-ethyl adjacent to an activating group) is 1. The highest BCUT2D eigenvalue weighted by Crippen LogP contribution is 2.06. The zero-order valence-electron chi connectivity index (χ0n) is 7.99. The Labute approximate surface area is 77.5 Å². The third kappa shape index (κ3) is 2.05. The number of nitrogens with two attached hydrogens (primary N) is 1. The highest BCUT2D eigenvalue weighted by molar-refractivity contribution is 5.99. The molecule has 1 unspecified atom stereocenters. The number of rotatable bonds is 2. The molecule has 1 aliphatic heterocycles. The average Bonchev–Trinajstić information content (AvgIpc) is 2.02. The molecule has 0 bridgehead atoms. The molecule has 0 aliphatic carbocycles. The van der Waals surface area contributed by atoms with Crippen LogP contribution in [-0.2, 0) is 9.59 Å². The minimum absolute atomic E-state index is 0.156. The Bertz CT molecular complexity index is 211. The van der Waals surface area contributed by atoms with Crippen molar-refractivity contribution in [1.82, 2.24) is 9.80 Å².